The van der Waals surface area contributed by atoms with Gasteiger partial charge in [-0.3, -0.25) is 9.59 Å². The Labute approximate surface area is 185 Å². The molecular weight excluding hydrogens is 388 g/mol. The summed E-state index contributed by atoms with van der Waals surface area (Å²) in [5.74, 6) is 5.34. The molecule has 5 nitrogen and oxygen atoms in total. The summed E-state index contributed by atoms with van der Waals surface area (Å²) in [6, 6.07) is 14.2. The van der Waals surface area contributed by atoms with Crippen molar-refractivity contribution in [3.8, 4) is 11.8 Å². The first-order valence-corrected chi connectivity index (χ1v) is 10.4. The molecule has 0 aliphatic rings. The minimum Gasteiger partial charge on any atom is -0.380 e. The molecule has 2 rings (SSSR count). The van der Waals surface area contributed by atoms with Gasteiger partial charge in [0.15, 0.2) is 0 Å². The van der Waals surface area contributed by atoms with Gasteiger partial charge in [-0.05, 0) is 65.3 Å². The van der Waals surface area contributed by atoms with Crippen LogP contribution in [0.25, 0.3) is 0 Å². The molecular formula is C26H32N2O3. The first-order valence-electron chi connectivity index (χ1n) is 10.4. The monoisotopic (exact) mass is 420 g/mol. The lowest BCUT2D eigenvalue weighted by Crippen LogP contribution is -2.41. The Morgan fingerprint density at radius 3 is 1.90 bits per heavy atom. The summed E-state index contributed by atoms with van der Waals surface area (Å²) in [5.41, 5.74) is 1.51. The largest absolute Gasteiger partial charge is 0.380 e. The van der Waals surface area contributed by atoms with Crippen LogP contribution in [0.5, 0.6) is 0 Å². The van der Waals surface area contributed by atoms with Gasteiger partial charge in [-0.2, -0.15) is 0 Å². The van der Waals surface area contributed by atoms with Crippen LogP contribution in [-0.2, 0) is 6.42 Å². The molecule has 0 unspecified atom stereocenters. The van der Waals surface area contributed by atoms with E-state index in [1.807, 2.05) is 53.7 Å². The minimum atomic E-state index is -0.984. The summed E-state index contributed by atoms with van der Waals surface area (Å²) in [5, 5.41) is 16.4. The second-order valence-corrected chi connectivity index (χ2v) is 9.60. The average Bonchev–Trinajstić information content (AvgIpc) is 2.64. The van der Waals surface area contributed by atoms with Gasteiger partial charge in [0, 0.05) is 28.6 Å². The van der Waals surface area contributed by atoms with E-state index in [1.54, 1.807) is 36.4 Å². The maximum Gasteiger partial charge on any atom is 0.252 e. The lowest BCUT2D eigenvalue weighted by molar-refractivity contribution is 0.0909. The highest BCUT2D eigenvalue weighted by Gasteiger charge is 2.19. The molecule has 0 aliphatic heterocycles. The van der Waals surface area contributed by atoms with E-state index in [1.165, 1.54) is 0 Å². The Morgan fingerprint density at radius 2 is 1.32 bits per heavy atom. The first-order chi connectivity index (χ1) is 14.4. The molecule has 3 N–H and O–H groups in total. The van der Waals surface area contributed by atoms with Crippen molar-refractivity contribution in [1.82, 2.24) is 10.6 Å². The van der Waals surface area contributed by atoms with E-state index in [2.05, 4.69) is 22.5 Å². The number of benzene rings is 2. The predicted molar refractivity (Wildman–Crippen MR) is 124 cm³/mol. The summed E-state index contributed by atoms with van der Waals surface area (Å²) in [7, 11) is 0. The summed E-state index contributed by atoms with van der Waals surface area (Å²) in [6.45, 7) is 11.5. The van der Waals surface area contributed by atoms with Crippen molar-refractivity contribution >= 4 is 11.8 Å². The van der Waals surface area contributed by atoms with Crippen molar-refractivity contribution in [3.05, 3.63) is 70.8 Å². The van der Waals surface area contributed by atoms with Crippen molar-refractivity contribution in [1.29, 1.82) is 0 Å². The predicted octanol–water partition coefficient (Wildman–Crippen LogP) is 3.70. The van der Waals surface area contributed by atoms with E-state index in [0.29, 0.717) is 22.3 Å². The first kappa shape index (κ1) is 24.2. The van der Waals surface area contributed by atoms with E-state index in [-0.39, 0.29) is 29.3 Å². The molecule has 0 saturated heterocycles. The van der Waals surface area contributed by atoms with Gasteiger partial charge in [0.25, 0.3) is 11.8 Å². The Bertz CT molecular complexity index is 1000. The molecule has 0 radical (unpaired) electrons. The number of aliphatic hydroxyl groups is 1. The topological polar surface area (TPSA) is 78.4 Å². The zero-order valence-corrected chi connectivity index (χ0v) is 19.2. The zero-order valence-electron chi connectivity index (χ0n) is 19.2. The van der Waals surface area contributed by atoms with Gasteiger partial charge >= 0.3 is 0 Å². The molecule has 0 spiro atoms. The number of carbonyl (C=O) groups excluding carboxylic acids is 2. The molecule has 31 heavy (non-hydrogen) atoms. The van der Waals surface area contributed by atoms with E-state index in [0.717, 1.165) is 0 Å². The van der Waals surface area contributed by atoms with E-state index >= 15 is 0 Å². The normalized spacial score (nSPS) is 12.4. The van der Waals surface area contributed by atoms with Crippen LogP contribution in [0.15, 0.2) is 48.5 Å². The molecule has 0 saturated carbocycles. The Balaban J connectivity index is 2.21. The SMILES string of the molecule is CC(C)(C)NC(=O)c1ccccc1C#C[C@@H](O)Cc1ccccc1C(=O)NC(C)(C)C. The highest BCUT2D eigenvalue weighted by Crippen LogP contribution is 2.14. The van der Waals surface area contributed by atoms with Crippen LogP contribution < -0.4 is 10.6 Å². The zero-order chi connectivity index (χ0) is 23.2. The second-order valence-electron chi connectivity index (χ2n) is 9.60. The van der Waals surface area contributed by atoms with Crippen LogP contribution in [0.3, 0.4) is 0 Å². The van der Waals surface area contributed by atoms with Gasteiger partial charge in [-0.25, -0.2) is 0 Å². The molecule has 2 aromatic carbocycles. The Morgan fingerprint density at radius 1 is 0.839 bits per heavy atom. The Hall–Kier alpha value is -3.10. The third kappa shape index (κ3) is 7.92. The van der Waals surface area contributed by atoms with Crippen molar-refractivity contribution in [2.75, 3.05) is 0 Å². The summed E-state index contributed by atoms with van der Waals surface area (Å²) in [6.07, 6.45) is -0.779. The second kappa shape index (κ2) is 9.80. The van der Waals surface area contributed by atoms with Crippen molar-refractivity contribution in [2.45, 2.75) is 65.1 Å². The maximum atomic E-state index is 12.6. The number of aliphatic hydroxyl groups excluding tert-OH is 1. The molecule has 0 aliphatic carbocycles. The van der Waals surface area contributed by atoms with E-state index in [9.17, 15) is 14.7 Å². The fraction of sp³-hybridized carbons (Fsp3) is 0.385. The number of hydrogen-bond acceptors (Lipinski definition) is 3. The highest BCUT2D eigenvalue weighted by molar-refractivity contribution is 5.97. The van der Waals surface area contributed by atoms with Crippen LogP contribution >= 0.6 is 0 Å². The summed E-state index contributed by atoms with van der Waals surface area (Å²) < 4.78 is 0. The molecule has 5 heteroatoms. The van der Waals surface area contributed by atoms with Crippen LogP contribution in [0.1, 0.15) is 73.4 Å². The van der Waals surface area contributed by atoms with Gasteiger partial charge < -0.3 is 15.7 Å². The molecule has 0 fully saturated rings. The molecule has 0 heterocycles. The standard InChI is InChI=1S/C26H32N2O3/c1-25(2,3)27-23(30)21-13-9-7-11-18(21)15-16-20(29)17-19-12-8-10-14-22(19)24(31)28-26(4,5)6/h7-14,20,29H,17H2,1-6H3,(H,27,30)(H,28,31)/t20-/m1/s1. The third-order valence-electron chi connectivity index (χ3n) is 4.20. The van der Waals surface area contributed by atoms with Crippen molar-refractivity contribution in [3.63, 3.8) is 0 Å². The molecule has 2 aromatic rings. The molecule has 1 atom stereocenters. The number of nitrogens with one attached hydrogen (secondary N) is 2. The fourth-order valence-corrected chi connectivity index (χ4v) is 2.95. The van der Waals surface area contributed by atoms with Gasteiger partial charge in [0.05, 0.1) is 5.56 Å². The quantitative estimate of drug-likeness (QED) is 0.660. The van der Waals surface area contributed by atoms with Crippen molar-refractivity contribution < 1.29 is 14.7 Å². The molecule has 2 amide bonds. The summed E-state index contributed by atoms with van der Waals surface area (Å²) in [4.78, 5) is 25.2. The van der Waals surface area contributed by atoms with Crippen LogP contribution in [0.2, 0.25) is 0 Å². The Kier molecular flexibility index (Phi) is 7.65. The van der Waals surface area contributed by atoms with Crippen molar-refractivity contribution in [2.24, 2.45) is 0 Å². The van der Waals surface area contributed by atoms with E-state index < -0.39 is 6.10 Å². The number of amides is 2. The lowest BCUT2D eigenvalue weighted by Gasteiger charge is -2.21. The average molecular weight is 421 g/mol. The lowest BCUT2D eigenvalue weighted by atomic mass is 9.99. The number of hydrogen-bond donors (Lipinski definition) is 3. The number of rotatable bonds is 4. The molecule has 0 aromatic heterocycles. The van der Waals surface area contributed by atoms with E-state index in [4.69, 9.17) is 0 Å². The number of carbonyl (C=O) groups is 2. The summed E-state index contributed by atoms with van der Waals surface area (Å²) >= 11 is 0. The highest BCUT2D eigenvalue weighted by atomic mass is 16.3. The molecule has 0 bridgehead atoms. The van der Waals surface area contributed by atoms with Crippen LogP contribution in [-0.4, -0.2) is 34.1 Å². The smallest absolute Gasteiger partial charge is 0.252 e. The van der Waals surface area contributed by atoms with Crippen LogP contribution in [0, 0.1) is 11.8 Å². The molecule has 164 valence electrons. The van der Waals surface area contributed by atoms with Gasteiger partial charge in [-0.15, -0.1) is 0 Å². The minimum absolute atomic E-state index is 0.188. The third-order valence-corrected chi connectivity index (χ3v) is 4.20. The van der Waals surface area contributed by atoms with Gasteiger partial charge in [-0.1, -0.05) is 42.2 Å². The maximum absolute atomic E-state index is 12.6. The fourth-order valence-electron chi connectivity index (χ4n) is 2.95. The van der Waals surface area contributed by atoms with Gasteiger partial charge in [0.1, 0.15) is 6.10 Å². The van der Waals surface area contributed by atoms with Crippen LogP contribution in [0.4, 0.5) is 0 Å². The van der Waals surface area contributed by atoms with Gasteiger partial charge in [0.2, 0.25) is 0 Å².